The maximum atomic E-state index is 0. The van der Waals surface area contributed by atoms with Gasteiger partial charge >= 0.3 is 104 Å². The SMILES string of the molecule is [Cl-].[Cl-].[Cl-].[Cl-].[K+].[Mg+2].[Na+]. The van der Waals surface area contributed by atoms with Crippen LogP contribution in [0.4, 0.5) is 0 Å². The number of rotatable bonds is 0. The molecule has 0 saturated heterocycles. The molecule has 0 aromatic heterocycles. The zero-order chi connectivity index (χ0) is 0. The van der Waals surface area contributed by atoms with Crippen LogP contribution in [0.2, 0.25) is 0 Å². The molecule has 0 nitrogen and oxygen atoms in total. The minimum atomic E-state index is 0. The molecule has 0 aliphatic heterocycles. The molecular weight excluding hydrogens is 228 g/mol. The van der Waals surface area contributed by atoms with Crippen molar-refractivity contribution in [2.24, 2.45) is 0 Å². The Morgan fingerprint density at radius 1 is 0.571 bits per heavy atom. The van der Waals surface area contributed by atoms with E-state index in [1.807, 2.05) is 0 Å². The Kier molecular flexibility index (Phi) is 411. The summed E-state index contributed by atoms with van der Waals surface area (Å²) in [5.41, 5.74) is 0. The molecule has 0 fully saturated rings. The van der Waals surface area contributed by atoms with E-state index >= 15 is 0 Å². The van der Waals surface area contributed by atoms with E-state index in [4.69, 9.17) is 0 Å². The van der Waals surface area contributed by atoms with Crippen molar-refractivity contribution in [3.63, 3.8) is 0 Å². The van der Waals surface area contributed by atoms with E-state index in [1.165, 1.54) is 0 Å². The van der Waals surface area contributed by atoms with Crippen LogP contribution in [0.5, 0.6) is 0 Å². The molecule has 0 N–H and O–H groups in total. The monoisotopic (exact) mass is 226 g/mol. The van der Waals surface area contributed by atoms with Crippen molar-refractivity contribution in [1.29, 1.82) is 0 Å². The molecule has 0 aliphatic carbocycles. The van der Waals surface area contributed by atoms with Gasteiger partial charge in [-0.3, -0.25) is 0 Å². The van der Waals surface area contributed by atoms with Crippen LogP contribution in [0.1, 0.15) is 0 Å². The van der Waals surface area contributed by atoms with Crippen LogP contribution in [0.15, 0.2) is 0 Å². The summed E-state index contributed by atoms with van der Waals surface area (Å²) in [4.78, 5) is 0. The van der Waals surface area contributed by atoms with Crippen molar-refractivity contribution in [2.75, 3.05) is 0 Å². The number of hydrogen-bond donors (Lipinski definition) is 0. The van der Waals surface area contributed by atoms with Gasteiger partial charge in [0.1, 0.15) is 0 Å². The largest absolute Gasteiger partial charge is 2.00 e. The molecule has 0 heterocycles. The summed E-state index contributed by atoms with van der Waals surface area (Å²) in [5, 5.41) is 0. The minimum Gasteiger partial charge on any atom is -1.00 e. The van der Waals surface area contributed by atoms with Crippen LogP contribution in [-0.4, -0.2) is 23.1 Å². The van der Waals surface area contributed by atoms with Crippen molar-refractivity contribution >= 4 is 23.1 Å². The first-order valence-electron chi connectivity index (χ1n) is 0. The average Bonchev–Trinajstić information content (AvgIpc) is 0. The molecule has 0 aromatic carbocycles. The molecule has 0 aromatic rings. The van der Waals surface area contributed by atoms with Crippen LogP contribution >= 0.6 is 0 Å². The molecule has 7 heteroatoms. The van der Waals surface area contributed by atoms with Crippen LogP contribution in [0.3, 0.4) is 0 Å². The van der Waals surface area contributed by atoms with Gasteiger partial charge in [0.25, 0.3) is 0 Å². The van der Waals surface area contributed by atoms with Crippen LogP contribution in [-0.2, 0) is 0 Å². The summed E-state index contributed by atoms with van der Waals surface area (Å²) in [6, 6.07) is 0. The molecule has 0 saturated carbocycles. The van der Waals surface area contributed by atoms with Crippen molar-refractivity contribution in [1.82, 2.24) is 0 Å². The fourth-order valence-electron chi connectivity index (χ4n) is 0. The van der Waals surface area contributed by atoms with E-state index in [9.17, 15) is 0 Å². The standard InChI is InChI=1S/4ClH.K.Mg.Na/h4*1H;;;/q;;;;+1;+2;+1/p-4. The molecule has 32 valence electrons. The molecule has 0 spiro atoms. The second-order valence-corrected chi connectivity index (χ2v) is 0. The van der Waals surface area contributed by atoms with Gasteiger partial charge in [0, 0.05) is 0 Å². The first-order chi connectivity index (χ1) is 0. The summed E-state index contributed by atoms with van der Waals surface area (Å²) in [6.07, 6.45) is 0. The van der Waals surface area contributed by atoms with Gasteiger partial charge in [-0.2, -0.15) is 0 Å². The van der Waals surface area contributed by atoms with E-state index in [0.717, 1.165) is 0 Å². The van der Waals surface area contributed by atoms with E-state index in [0.29, 0.717) is 0 Å². The van der Waals surface area contributed by atoms with Gasteiger partial charge in [-0.15, -0.1) is 0 Å². The van der Waals surface area contributed by atoms with E-state index in [1.54, 1.807) is 0 Å². The maximum Gasteiger partial charge on any atom is 2.00 e. The van der Waals surface area contributed by atoms with E-state index < -0.39 is 0 Å². The predicted octanol–water partition coefficient (Wildman–Crippen LogP) is -18.4. The number of halogens is 4. The quantitative estimate of drug-likeness (QED) is 0.361. The van der Waals surface area contributed by atoms with E-state index in [2.05, 4.69) is 0 Å². The van der Waals surface area contributed by atoms with Crippen molar-refractivity contribution in [3.05, 3.63) is 0 Å². The Hall–Kier alpha value is 4.56. The van der Waals surface area contributed by atoms with Crippen LogP contribution < -0.4 is 131 Å². The third kappa shape index (κ3) is 37.2. The smallest absolute Gasteiger partial charge is 1.00 e. The first kappa shape index (κ1) is 62.0. The molecule has 0 bridgehead atoms. The van der Waals surface area contributed by atoms with Gasteiger partial charge in [0.2, 0.25) is 0 Å². The van der Waals surface area contributed by atoms with Crippen LogP contribution in [0.25, 0.3) is 0 Å². The van der Waals surface area contributed by atoms with Crippen molar-refractivity contribution < 1.29 is 131 Å². The zero-order valence-electron chi connectivity index (χ0n) is 4.22. The molecule has 0 radical (unpaired) electrons. The molecule has 0 amide bonds. The Morgan fingerprint density at radius 3 is 0.571 bits per heavy atom. The topological polar surface area (TPSA) is 0 Å². The van der Waals surface area contributed by atoms with Gasteiger partial charge in [-0.1, -0.05) is 0 Å². The Morgan fingerprint density at radius 2 is 0.571 bits per heavy atom. The predicted molar refractivity (Wildman–Crippen MR) is 5.75 cm³/mol. The minimum absolute atomic E-state index is 0. The van der Waals surface area contributed by atoms with E-state index in [-0.39, 0.29) is 154 Å². The molecule has 0 unspecified atom stereocenters. The first-order valence-corrected chi connectivity index (χ1v) is 0. The second-order valence-electron chi connectivity index (χ2n) is 0. The summed E-state index contributed by atoms with van der Waals surface area (Å²) >= 11 is 0. The second kappa shape index (κ2) is 46.4. The Balaban J connectivity index is 0. The summed E-state index contributed by atoms with van der Waals surface area (Å²) in [7, 11) is 0. The molecular formula is Cl4KMgNa. The normalized spacial score (nSPS) is 0. The average molecular weight is 228 g/mol. The molecule has 0 rings (SSSR count). The Bertz CT molecular complexity index is 11.7. The van der Waals surface area contributed by atoms with Gasteiger partial charge in [-0.05, 0) is 0 Å². The third-order valence-electron chi connectivity index (χ3n) is 0. The molecule has 0 aliphatic rings. The maximum absolute atomic E-state index is 0. The van der Waals surface area contributed by atoms with Gasteiger partial charge in [0.15, 0.2) is 0 Å². The van der Waals surface area contributed by atoms with Crippen molar-refractivity contribution in [2.45, 2.75) is 0 Å². The Labute approximate surface area is 150 Å². The van der Waals surface area contributed by atoms with Gasteiger partial charge in [0.05, 0.1) is 0 Å². The fraction of sp³-hybridized carbons (Fsp3) is 0. The van der Waals surface area contributed by atoms with Gasteiger partial charge < -0.3 is 49.6 Å². The zero-order valence-corrected chi connectivity index (χ0v) is 13.8. The van der Waals surface area contributed by atoms with Gasteiger partial charge in [-0.25, -0.2) is 0 Å². The summed E-state index contributed by atoms with van der Waals surface area (Å²) < 4.78 is 0. The fourth-order valence-corrected chi connectivity index (χ4v) is 0. The van der Waals surface area contributed by atoms with Crippen molar-refractivity contribution in [3.8, 4) is 0 Å². The molecule has 7 heavy (non-hydrogen) atoms. The number of hydrogen-bond acceptors (Lipinski definition) is 0. The summed E-state index contributed by atoms with van der Waals surface area (Å²) in [5.74, 6) is 0. The summed E-state index contributed by atoms with van der Waals surface area (Å²) in [6.45, 7) is 0. The van der Waals surface area contributed by atoms with Crippen LogP contribution in [0, 0.1) is 0 Å². The third-order valence-corrected chi connectivity index (χ3v) is 0. The molecule has 0 atom stereocenters.